The van der Waals surface area contributed by atoms with Crippen LogP contribution in [0, 0.1) is 5.82 Å². The Kier molecular flexibility index (Phi) is 4.22. The van der Waals surface area contributed by atoms with Crippen LogP contribution in [-0.4, -0.2) is 48.4 Å². The van der Waals surface area contributed by atoms with Crippen LogP contribution in [0.15, 0.2) is 18.2 Å². The van der Waals surface area contributed by atoms with Gasteiger partial charge < -0.3 is 9.80 Å². The third kappa shape index (κ3) is 3.18. The summed E-state index contributed by atoms with van der Waals surface area (Å²) < 4.78 is 52.1. The summed E-state index contributed by atoms with van der Waals surface area (Å²) in [6.07, 6.45) is -4.81. The summed E-state index contributed by atoms with van der Waals surface area (Å²) >= 11 is 0. The van der Waals surface area contributed by atoms with E-state index in [0.29, 0.717) is 25.7 Å². The number of halogens is 4. The van der Waals surface area contributed by atoms with E-state index in [1.807, 2.05) is 11.9 Å². The highest BCUT2D eigenvalue weighted by molar-refractivity contribution is 5.95. The quantitative estimate of drug-likeness (QED) is 0.745. The van der Waals surface area contributed by atoms with E-state index in [-0.39, 0.29) is 6.04 Å². The van der Waals surface area contributed by atoms with E-state index in [9.17, 15) is 22.4 Å². The number of alkyl halides is 3. The molecule has 0 N–H and O–H groups in total. The molecule has 0 radical (unpaired) electrons. The standard InChI is InChI=1S/C14H16F4N2O/c1-9-8-19(2)6-7-20(9)13(21)10-4-3-5-11(12(10)15)14(16,17)18/h3-5,9H,6-8H2,1-2H3. The zero-order valence-corrected chi connectivity index (χ0v) is 11.7. The van der Waals surface area contributed by atoms with Gasteiger partial charge in [-0.2, -0.15) is 13.2 Å². The first-order chi connectivity index (χ1) is 9.71. The Morgan fingerprint density at radius 3 is 2.52 bits per heavy atom. The first-order valence-corrected chi connectivity index (χ1v) is 6.57. The van der Waals surface area contributed by atoms with E-state index in [4.69, 9.17) is 0 Å². The summed E-state index contributed by atoms with van der Waals surface area (Å²) in [4.78, 5) is 15.7. The molecule has 0 saturated carbocycles. The summed E-state index contributed by atoms with van der Waals surface area (Å²) in [5.41, 5.74) is -1.93. The van der Waals surface area contributed by atoms with Crippen LogP contribution in [0.1, 0.15) is 22.8 Å². The van der Waals surface area contributed by atoms with E-state index in [0.717, 1.165) is 12.1 Å². The second-order valence-electron chi connectivity index (χ2n) is 5.27. The van der Waals surface area contributed by atoms with E-state index in [2.05, 4.69) is 0 Å². The zero-order chi connectivity index (χ0) is 15.8. The Morgan fingerprint density at radius 2 is 1.95 bits per heavy atom. The number of likely N-dealkylation sites (N-methyl/N-ethyl adjacent to an activating group) is 1. The van der Waals surface area contributed by atoms with Gasteiger partial charge in [0.2, 0.25) is 0 Å². The molecule has 1 saturated heterocycles. The van der Waals surface area contributed by atoms with Crippen molar-refractivity contribution in [3.05, 3.63) is 35.1 Å². The summed E-state index contributed by atoms with van der Waals surface area (Å²) in [6, 6.07) is 2.61. The predicted molar refractivity (Wildman–Crippen MR) is 69.4 cm³/mol. The second kappa shape index (κ2) is 5.63. The lowest BCUT2D eigenvalue weighted by Crippen LogP contribution is -2.52. The molecular weight excluding hydrogens is 288 g/mol. The highest BCUT2D eigenvalue weighted by Crippen LogP contribution is 2.32. The molecule has 0 aromatic heterocycles. The number of piperazine rings is 1. The van der Waals surface area contributed by atoms with Crippen LogP contribution in [0.25, 0.3) is 0 Å². The van der Waals surface area contributed by atoms with Crippen molar-refractivity contribution in [2.75, 3.05) is 26.7 Å². The Bertz CT molecular complexity index is 544. The smallest absolute Gasteiger partial charge is 0.333 e. The second-order valence-corrected chi connectivity index (χ2v) is 5.27. The van der Waals surface area contributed by atoms with Crippen LogP contribution in [0.3, 0.4) is 0 Å². The SMILES string of the molecule is CC1CN(C)CCN1C(=O)c1cccc(C(F)(F)F)c1F. The average molecular weight is 304 g/mol. The van der Waals surface area contributed by atoms with Crippen molar-refractivity contribution in [1.82, 2.24) is 9.80 Å². The number of carbonyl (C=O) groups excluding carboxylic acids is 1. The molecule has 1 atom stereocenters. The Hall–Kier alpha value is -1.63. The molecule has 1 unspecified atom stereocenters. The van der Waals surface area contributed by atoms with Crippen LogP contribution < -0.4 is 0 Å². The molecule has 3 nitrogen and oxygen atoms in total. The average Bonchev–Trinajstić information content (AvgIpc) is 2.37. The van der Waals surface area contributed by atoms with Gasteiger partial charge in [0, 0.05) is 25.7 Å². The summed E-state index contributed by atoms with van der Waals surface area (Å²) in [7, 11) is 1.89. The molecule has 116 valence electrons. The molecule has 1 aromatic rings. The number of hydrogen-bond acceptors (Lipinski definition) is 2. The molecule has 1 aromatic carbocycles. The minimum atomic E-state index is -4.81. The van der Waals surface area contributed by atoms with Gasteiger partial charge in [0.15, 0.2) is 0 Å². The van der Waals surface area contributed by atoms with Crippen molar-refractivity contribution in [3.8, 4) is 0 Å². The maximum absolute atomic E-state index is 14.0. The minimum Gasteiger partial charge on any atom is -0.333 e. The minimum absolute atomic E-state index is 0.176. The van der Waals surface area contributed by atoms with Crippen LogP contribution >= 0.6 is 0 Å². The molecule has 2 rings (SSSR count). The van der Waals surface area contributed by atoms with Crippen LogP contribution in [0.4, 0.5) is 17.6 Å². The molecule has 1 heterocycles. The lowest BCUT2D eigenvalue weighted by molar-refractivity contribution is -0.140. The first kappa shape index (κ1) is 15.8. The molecule has 0 aliphatic carbocycles. The Morgan fingerprint density at radius 1 is 1.29 bits per heavy atom. The van der Waals surface area contributed by atoms with E-state index >= 15 is 0 Å². The Labute approximate surface area is 120 Å². The van der Waals surface area contributed by atoms with Crippen molar-refractivity contribution < 1.29 is 22.4 Å². The monoisotopic (exact) mass is 304 g/mol. The number of benzene rings is 1. The maximum atomic E-state index is 14.0. The number of carbonyl (C=O) groups is 1. The lowest BCUT2D eigenvalue weighted by Gasteiger charge is -2.38. The fourth-order valence-electron chi connectivity index (χ4n) is 2.51. The molecule has 0 spiro atoms. The molecule has 21 heavy (non-hydrogen) atoms. The highest BCUT2D eigenvalue weighted by atomic mass is 19.4. The maximum Gasteiger partial charge on any atom is 0.419 e. The van der Waals surface area contributed by atoms with Gasteiger partial charge >= 0.3 is 6.18 Å². The molecule has 0 bridgehead atoms. The number of nitrogens with zero attached hydrogens (tertiary/aromatic N) is 2. The molecule has 1 aliphatic rings. The largest absolute Gasteiger partial charge is 0.419 e. The third-order valence-corrected chi connectivity index (χ3v) is 3.63. The van der Waals surface area contributed by atoms with E-state index in [1.54, 1.807) is 6.92 Å². The fourth-order valence-corrected chi connectivity index (χ4v) is 2.51. The van der Waals surface area contributed by atoms with Gasteiger partial charge in [0.1, 0.15) is 5.82 Å². The first-order valence-electron chi connectivity index (χ1n) is 6.57. The molecule has 7 heteroatoms. The van der Waals surface area contributed by atoms with Gasteiger partial charge in [-0.3, -0.25) is 4.79 Å². The van der Waals surface area contributed by atoms with Crippen molar-refractivity contribution in [1.29, 1.82) is 0 Å². The van der Waals surface area contributed by atoms with E-state index in [1.165, 1.54) is 4.90 Å². The van der Waals surface area contributed by atoms with Gasteiger partial charge in [-0.05, 0) is 26.1 Å². The molecule has 1 fully saturated rings. The summed E-state index contributed by atoms with van der Waals surface area (Å²) in [6.45, 7) is 3.37. The summed E-state index contributed by atoms with van der Waals surface area (Å²) in [5.74, 6) is -2.19. The van der Waals surface area contributed by atoms with E-state index < -0.39 is 29.0 Å². The van der Waals surface area contributed by atoms with Crippen molar-refractivity contribution in [3.63, 3.8) is 0 Å². The number of amides is 1. The molecular formula is C14H16F4N2O. The van der Waals surface area contributed by atoms with Gasteiger partial charge in [-0.1, -0.05) is 6.07 Å². The topological polar surface area (TPSA) is 23.6 Å². The van der Waals surface area contributed by atoms with Crippen molar-refractivity contribution >= 4 is 5.91 Å². The Balaban J connectivity index is 2.32. The third-order valence-electron chi connectivity index (χ3n) is 3.63. The van der Waals surface area contributed by atoms with Gasteiger partial charge in [0.25, 0.3) is 5.91 Å². The molecule has 1 aliphatic heterocycles. The summed E-state index contributed by atoms with van der Waals surface area (Å²) in [5, 5.41) is 0. The highest BCUT2D eigenvalue weighted by Gasteiger charge is 2.37. The normalized spacial score (nSPS) is 20.7. The van der Waals surface area contributed by atoms with Gasteiger partial charge in [-0.15, -0.1) is 0 Å². The lowest BCUT2D eigenvalue weighted by atomic mass is 10.1. The van der Waals surface area contributed by atoms with Gasteiger partial charge in [0.05, 0.1) is 11.1 Å². The van der Waals surface area contributed by atoms with Gasteiger partial charge in [-0.25, -0.2) is 4.39 Å². The van der Waals surface area contributed by atoms with Crippen LogP contribution in [0.5, 0.6) is 0 Å². The predicted octanol–water partition coefficient (Wildman–Crippen LogP) is 2.62. The van der Waals surface area contributed by atoms with Crippen LogP contribution in [-0.2, 0) is 6.18 Å². The van der Waals surface area contributed by atoms with Crippen molar-refractivity contribution in [2.24, 2.45) is 0 Å². The number of rotatable bonds is 1. The van der Waals surface area contributed by atoms with Crippen LogP contribution in [0.2, 0.25) is 0 Å². The van der Waals surface area contributed by atoms with Crippen molar-refractivity contribution in [2.45, 2.75) is 19.1 Å². The fraction of sp³-hybridized carbons (Fsp3) is 0.500. The molecule has 1 amide bonds. The zero-order valence-electron chi connectivity index (χ0n) is 11.7. The number of hydrogen-bond donors (Lipinski definition) is 0.